The highest BCUT2D eigenvalue weighted by atomic mass is 16.4. The topological polar surface area (TPSA) is 82.4 Å². The van der Waals surface area contributed by atoms with Gasteiger partial charge in [0, 0.05) is 5.56 Å². The van der Waals surface area contributed by atoms with E-state index >= 15 is 0 Å². The molecule has 6 nitrogen and oxygen atoms in total. The predicted molar refractivity (Wildman–Crippen MR) is 101 cm³/mol. The molecule has 0 amide bonds. The van der Waals surface area contributed by atoms with Crippen LogP contribution in [0.2, 0.25) is 0 Å². The summed E-state index contributed by atoms with van der Waals surface area (Å²) >= 11 is 0. The predicted octanol–water partition coefficient (Wildman–Crippen LogP) is 4.40. The SMILES string of the molecule is Cc1cn[nH]c1C1CCCCN1Cc1ccc(-c2ccccc2C(=O)O)o1. The number of furan rings is 1. The summed E-state index contributed by atoms with van der Waals surface area (Å²) < 4.78 is 6.03. The van der Waals surface area contributed by atoms with E-state index in [1.54, 1.807) is 18.2 Å². The lowest BCUT2D eigenvalue weighted by Gasteiger charge is -2.34. The number of nitrogens with zero attached hydrogens (tertiary/aromatic N) is 2. The molecule has 27 heavy (non-hydrogen) atoms. The number of carboxylic acid groups (broad SMARTS) is 1. The molecular weight excluding hydrogens is 342 g/mol. The first-order chi connectivity index (χ1) is 13.1. The first-order valence-corrected chi connectivity index (χ1v) is 9.29. The zero-order chi connectivity index (χ0) is 18.8. The molecule has 1 aromatic carbocycles. The number of carboxylic acids is 1. The van der Waals surface area contributed by atoms with Crippen molar-refractivity contribution in [2.45, 2.75) is 38.8 Å². The Morgan fingerprint density at radius 1 is 1.30 bits per heavy atom. The highest BCUT2D eigenvalue weighted by Crippen LogP contribution is 2.33. The van der Waals surface area contributed by atoms with E-state index in [2.05, 4.69) is 22.0 Å². The molecule has 0 radical (unpaired) electrons. The second-order valence-corrected chi connectivity index (χ2v) is 7.07. The number of carbonyl (C=O) groups is 1. The zero-order valence-corrected chi connectivity index (χ0v) is 15.3. The Morgan fingerprint density at radius 3 is 2.93 bits per heavy atom. The van der Waals surface area contributed by atoms with Crippen molar-refractivity contribution in [2.75, 3.05) is 6.54 Å². The maximum atomic E-state index is 11.5. The summed E-state index contributed by atoms with van der Waals surface area (Å²) in [4.78, 5) is 13.9. The number of rotatable bonds is 5. The van der Waals surface area contributed by atoms with Gasteiger partial charge in [-0.15, -0.1) is 0 Å². The molecule has 2 aromatic heterocycles. The van der Waals surface area contributed by atoms with Crippen molar-refractivity contribution in [2.24, 2.45) is 0 Å². The Balaban J connectivity index is 1.57. The van der Waals surface area contributed by atoms with Gasteiger partial charge in [0.15, 0.2) is 0 Å². The van der Waals surface area contributed by atoms with Gasteiger partial charge in [0.2, 0.25) is 0 Å². The summed E-state index contributed by atoms with van der Waals surface area (Å²) in [6.07, 6.45) is 5.34. The first kappa shape index (κ1) is 17.5. The van der Waals surface area contributed by atoms with E-state index in [-0.39, 0.29) is 5.56 Å². The van der Waals surface area contributed by atoms with E-state index in [4.69, 9.17) is 4.42 Å². The minimum Gasteiger partial charge on any atom is -0.478 e. The second kappa shape index (κ2) is 7.40. The molecule has 2 N–H and O–H groups in total. The molecule has 0 spiro atoms. The van der Waals surface area contributed by atoms with Gasteiger partial charge in [-0.05, 0) is 50.1 Å². The highest BCUT2D eigenvalue weighted by Gasteiger charge is 2.27. The van der Waals surface area contributed by atoms with E-state index in [9.17, 15) is 9.90 Å². The highest BCUT2D eigenvalue weighted by molar-refractivity contribution is 5.95. The van der Waals surface area contributed by atoms with E-state index in [1.165, 1.54) is 24.1 Å². The van der Waals surface area contributed by atoms with Crippen molar-refractivity contribution in [1.29, 1.82) is 0 Å². The molecule has 140 valence electrons. The average molecular weight is 365 g/mol. The Kier molecular flexibility index (Phi) is 4.81. The Hall–Kier alpha value is -2.86. The summed E-state index contributed by atoms with van der Waals surface area (Å²) in [6, 6.07) is 11.0. The fourth-order valence-electron chi connectivity index (χ4n) is 3.89. The van der Waals surface area contributed by atoms with Crippen LogP contribution in [0.5, 0.6) is 0 Å². The van der Waals surface area contributed by atoms with E-state index in [0.717, 1.165) is 18.7 Å². The molecule has 3 heterocycles. The number of aromatic carboxylic acids is 1. The maximum absolute atomic E-state index is 11.5. The molecule has 0 bridgehead atoms. The van der Waals surface area contributed by atoms with Gasteiger partial charge in [0.05, 0.1) is 30.0 Å². The second-order valence-electron chi connectivity index (χ2n) is 7.07. The van der Waals surface area contributed by atoms with Gasteiger partial charge in [0.1, 0.15) is 11.5 Å². The van der Waals surface area contributed by atoms with Crippen molar-refractivity contribution in [3.63, 3.8) is 0 Å². The summed E-state index contributed by atoms with van der Waals surface area (Å²) in [7, 11) is 0. The molecule has 0 saturated carbocycles. The van der Waals surface area contributed by atoms with Gasteiger partial charge in [-0.3, -0.25) is 10.00 Å². The lowest BCUT2D eigenvalue weighted by Crippen LogP contribution is -2.33. The molecule has 0 aliphatic carbocycles. The lowest BCUT2D eigenvalue weighted by atomic mass is 9.97. The molecule has 1 atom stereocenters. The fourth-order valence-corrected chi connectivity index (χ4v) is 3.89. The molecule has 1 aliphatic rings. The number of piperidine rings is 1. The maximum Gasteiger partial charge on any atom is 0.336 e. The van der Waals surface area contributed by atoms with Gasteiger partial charge in [0.25, 0.3) is 0 Å². The Labute approximate surface area is 157 Å². The third-order valence-corrected chi connectivity index (χ3v) is 5.26. The number of likely N-dealkylation sites (tertiary alicyclic amines) is 1. The van der Waals surface area contributed by atoms with Crippen molar-refractivity contribution in [3.05, 3.63) is 65.2 Å². The first-order valence-electron chi connectivity index (χ1n) is 9.29. The van der Waals surface area contributed by atoms with E-state index in [1.807, 2.05) is 24.4 Å². The molecule has 1 unspecified atom stereocenters. The summed E-state index contributed by atoms with van der Waals surface area (Å²) in [5.41, 5.74) is 3.22. The standard InChI is InChI=1S/C21H23N3O3/c1-14-12-22-23-20(14)18-8-4-5-11-24(18)13-15-9-10-19(27-15)16-6-2-3-7-17(16)21(25)26/h2-3,6-7,9-10,12,18H,4-5,8,11,13H2,1H3,(H,22,23)(H,25,26). The van der Waals surface area contributed by atoms with Crippen LogP contribution >= 0.6 is 0 Å². The monoisotopic (exact) mass is 365 g/mol. The number of hydrogen-bond donors (Lipinski definition) is 2. The van der Waals surface area contributed by atoms with E-state index in [0.29, 0.717) is 23.9 Å². The average Bonchev–Trinajstić information content (AvgIpc) is 3.31. The third-order valence-electron chi connectivity index (χ3n) is 5.26. The van der Waals surface area contributed by atoms with Crippen LogP contribution in [0.25, 0.3) is 11.3 Å². The molecule has 1 aliphatic heterocycles. The molecule has 3 aromatic rings. The van der Waals surface area contributed by atoms with Crippen LogP contribution in [-0.2, 0) is 6.54 Å². The van der Waals surface area contributed by atoms with Gasteiger partial charge in [-0.25, -0.2) is 4.79 Å². The Bertz CT molecular complexity index is 944. The summed E-state index contributed by atoms with van der Waals surface area (Å²) in [6.45, 7) is 3.78. The van der Waals surface area contributed by atoms with E-state index < -0.39 is 5.97 Å². The molecular formula is C21H23N3O3. The van der Waals surface area contributed by atoms with Crippen LogP contribution < -0.4 is 0 Å². The number of H-pyrrole nitrogens is 1. The Morgan fingerprint density at radius 2 is 2.15 bits per heavy atom. The number of aryl methyl sites for hydroxylation is 1. The van der Waals surface area contributed by atoms with Gasteiger partial charge < -0.3 is 9.52 Å². The number of benzene rings is 1. The van der Waals surface area contributed by atoms with Crippen LogP contribution in [0.4, 0.5) is 0 Å². The van der Waals surface area contributed by atoms with Crippen molar-refractivity contribution in [1.82, 2.24) is 15.1 Å². The summed E-state index contributed by atoms with van der Waals surface area (Å²) in [5, 5.41) is 16.7. The summed E-state index contributed by atoms with van der Waals surface area (Å²) in [5.74, 6) is 0.484. The smallest absolute Gasteiger partial charge is 0.336 e. The van der Waals surface area contributed by atoms with Crippen molar-refractivity contribution in [3.8, 4) is 11.3 Å². The lowest BCUT2D eigenvalue weighted by molar-refractivity contribution is 0.0697. The van der Waals surface area contributed by atoms with Crippen LogP contribution in [0.1, 0.15) is 52.7 Å². The van der Waals surface area contributed by atoms with Crippen molar-refractivity contribution < 1.29 is 14.3 Å². The van der Waals surface area contributed by atoms with Crippen molar-refractivity contribution >= 4 is 5.97 Å². The third kappa shape index (κ3) is 3.53. The molecule has 6 heteroatoms. The minimum atomic E-state index is -0.950. The van der Waals surface area contributed by atoms with Gasteiger partial charge >= 0.3 is 5.97 Å². The zero-order valence-electron chi connectivity index (χ0n) is 15.3. The van der Waals surface area contributed by atoms with Crippen LogP contribution in [0, 0.1) is 6.92 Å². The van der Waals surface area contributed by atoms with Crippen LogP contribution in [0.3, 0.4) is 0 Å². The van der Waals surface area contributed by atoms with Gasteiger partial charge in [-0.1, -0.05) is 24.6 Å². The number of aromatic amines is 1. The molecule has 1 saturated heterocycles. The number of nitrogens with one attached hydrogen (secondary N) is 1. The molecule has 1 fully saturated rings. The minimum absolute atomic E-state index is 0.252. The fraction of sp³-hybridized carbons (Fsp3) is 0.333. The van der Waals surface area contributed by atoms with Crippen LogP contribution in [-0.4, -0.2) is 32.7 Å². The number of aromatic nitrogens is 2. The molecule has 4 rings (SSSR count). The van der Waals surface area contributed by atoms with Gasteiger partial charge in [-0.2, -0.15) is 5.10 Å². The largest absolute Gasteiger partial charge is 0.478 e. The van der Waals surface area contributed by atoms with Crippen LogP contribution in [0.15, 0.2) is 47.0 Å². The number of hydrogen-bond acceptors (Lipinski definition) is 4. The normalized spacial score (nSPS) is 17.9. The quantitative estimate of drug-likeness (QED) is 0.700.